The molecular weight excluding hydrogens is 126 g/mol. The van der Waals surface area contributed by atoms with Gasteiger partial charge < -0.3 is 4.90 Å². The normalized spacial score (nSPS) is 25.4. The standard InChI is InChI=1S/C8H15NO/c1-3-8-5-4-6-9(8)7(2)10/h8H,3-6H2,1-2H3/t8-/m1/s1. The van der Waals surface area contributed by atoms with Gasteiger partial charge >= 0.3 is 0 Å². The molecule has 2 heteroatoms. The topological polar surface area (TPSA) is 20.3 Å². The zero-order valence-electron chi connectivity index (χ0n) is 6.76. The van der Waals surface area contributed by atoms with Crippen molar-refractivity contribution in [3.05, 3.63) is 0 Å². The highest BCUT2D eigenvalue weighted by Gasteiger charge is 2.24. The van der Waals surface area contributed by atoms with Gasteiger partial charge in [-0.15, -0.1) is 0 Å². The molecule has 10 heavy (non-hydrogen) atoms. The van der Waals surface area contributed by atoms with Gasteiger partial charge in [0.05, 0.1) is 0 Å². The van der Waals surface area contributed by atoms with Crippen LogP contribution in [0.15, 0.2) is 0 Å². The van der Waals surface area contributed by atoms with Crippen LogP contribution < -0.4 is 0 Å². The van der Waals surface area contributed by atoms with Crippen LogP contribution in [0.5, 0.6) is 0 Å². The van der Waals surface area contributed by atoms with Crippen molar-refractivity contribution in [3.8, 4) is 0 Å². The first kappa shape index (κ1) is 7.58. The van der Waals surface area contributed by atoms with Gasteiger partial charge in [0.2, 0.25) is 5.91 Å². The maximum atomic E-state index is 10.9. The molecule has 1 aliphatic rings. The average molecular weight is 141 g/mol. The average Bonchev–Trinajstić information content (AvgIpc) is 2.33. The van der Waals surface area contributed by atoms with Crippen molar-refractivity contribution in [2.45, 2.75) is 39.2 Å². The van der Waals surface area contributed by atoms with Gasteiger partial charge in [-0.05, 0) is 19.3 Å². The third-order valence-electron chi connectivity index (χ3n) is 2.25. The molecular formula is C8H15NO. The van der Waals surface area contributed by atoms with Crippen LogP contribution in [0.2, 0.25) is 0 Å². The van der Waals surface area contributed by atoms with Crippen LogP contribution in [-0.2, 0) is 4.79 Å². The zero-order chi connectivity index (χ0) is 7.56. The van der Waals surface area contributed by atoms with Gasteiger partial charge in [0.1, 0.15) is 0 Å². The summed E-state index contributed by atoms with van der Waals surface area (Å²) < 4.78 is 0. The monoisotopic (exact) mass is 141 g/mol. The molecule has 2 nitrogen and oxygen atoms in total. The Balaban J connectivity index is 2.50. The first-order valence-corrected chi connectivity index (χ1v) is 4.03. The van der Waals surface area contributed by atoms with Crippen LogP contribution in [0.1, 0.15) is 33.1 Å². The summed E-state index contributed by atoms with van der Waals surface area (Å²) in [5.74, 6) is 0.240. The summed E-state index contributed by atoms with van der Waals surface area (Å²) >= 11 is 0. The molecule has 1 rings (SSSR count). The fourth-order valence-corrected chi connectivity index (χ4v) is 1.67. The maximum Gasteiger partial charge on any atom is 0.219 e. The lowest BCUT2D eigenvalue weighted by Crippen LogP contribution is -2.32. The van der Waals surface area contributed by atoms with Crippen molar-refractivity contribution in [2.24, 2.45) is 0 Å². The van der Waals surface area contributed by atoms with Crippen LogP contribution in [0.25, 0.3) is 0 Å². The molecule has 1 aliphatic heterocycles. The lowest BCUT2D eigenvalue weighted by molar-refractivity contribution is -0.129. The Kier molecular flexibility index (Phi) is 2.30. The lowest BCUT2D eigenvalue weighted by atomic mass is 10.2. The Hall–Kier alpha value is -0.530. The van der Waals surface area contributed by atoms with Gasteiger partial charge in [-0.1, -0.05) is 6.92 Å². The van der Waals surface area contributed by atoms with Crippen molar-refractivity contribution < 1.29 is 4.79 Å². The summed E-state index contributed by atoms with van der Waals surface area (Å²) in [6.07, 6.45) is 3.51. The largest absolute Gasteiger partial charge is 0.340 e. The molecule has 0 aromatic rings. The van der Waals surface area contributed by atoms with Crippen molar-refractivity contribution in [1.82, 2.24) is 4.90 Å². The molecule has 0 N–H and O–H groups in total. The van der Waals surface area contributed by atoms with Crippen LogP contribution in [-0.4, -0.2) is 23.4 Å². The van der Waals surface area contributed by atoms with E-state index in [4.69, 9.17) is 0 Å². The van der Waals surface area contributed by atoms with E-state index in [1.807, 2.05) is 4.90 Å². The molecule has 0 radical (unpaired) electrons. The van der Waals surface area contributed by atoms with E-state index in [9.17, 15) is 4.79 Å². The minimum Gasteiger partial charge on any atom is -0.340 e. The molecule has 0 unspecified atom stereocenters. The van der Waals surface area contributed by atoms with Crippen LogP contribution in [0, 0.1) is 0 Å². The molecule has 1 amide bonds. The van der Waals surface area contributed by atoms with Gasteiger partial charge in [-0.2, -0.15) is 0 Å². The summed E-state index contributed by atoms with van der Waals surface area (Å²) in [6, 6.07) is 0.539. The van der Waals surface area contributed by atoms with Crippen molar-refractivity contribution in [1.29, 1.82) is 0 Å². The van der Waals surface area contributed by atoms with E-state index in [0.29, 0.717) is 6.04 Å². The number of amides is 1. The Morgan fingerprint density at radius 3 is 2.80 bits per heavy atom. The van der Waals surface area contributed by atoms with Crippen molar-refractivity contribution >= 4 is 5.91 Å². The molecule has 0 aliphatic carbocycles. The number of likely N-dealkylation sites (tertiary alicyclic amines) is 1. The van der Waals surface area contributed by atoms with E-state index in [-0.39, 0.29) is 5.91 Å². The van der Waals surface area contributed by atoms with E-state index in [1.165, 1.54) is 12.8 Å². The number of carbonyl (C=O) groups excluding carboxylic acids is 1. The molecule has 0 aromatic carbocycles. The maximum absolute atomic E-state index is 10.9. The van der Waals surface area contributed by atoms with Crippen molar-refractivity contribution in [2.75, 3.05) is 6.54 Å². The molecule has 1 saturated heterocycles. The fourth-order valence-electron chi connectivity index (χ4n) is 1.67. The van der Waals surface area contributed by atoms with Gasteiger partial charge in [-0.25, -0.2) is 0 Å². The van der Waals surface area contributed by atoms with E-state index in [2.05, 4.69) is 6.92 Å². The Morgan fingerprint density at radius 1 is 1.70 bits per heavy atom. The van der Waals surface area contributed by atoms with E-state index in [1.54, 1.807) is 6.92 Å². The Bertz CT molecular complexity index is 133. The Labute approximate surface area is 62.2 Å². The summed E-state index contributed by atoms with van der Waals surface area (Å²) in [5.41, 5.74) is 0. The number of rotatable bonds is 1. The SMILES string of the molecule is CC[C@@H]1CCCN1C(C)=O. The lowest BCUT2D eigenvalue weighted by Gasteiger charge is -2.21. The van der Waals surface area contributed by atoms with Gasteiger partial charge in [0.15, 0.2) is 0 Å². The van der Waals surface area contributed by atoms with Crippen molar-refractivity contribution in [3.63, 3.8) is 0 Å². The number of nitrogens with zero attached hydrogens (tertiary/aromatic N) is 1. The second kappa shape index (κ2) is 3.04. The number of carbonyl (C=O) groups is 1. The van der Waals surface area contributed by atoms with Crippen LogP contribution >= 0.6 is 0 Å². The third-order valence-corrected chi connectivity index (χ3v) is 2.25. The molecule has 1 fully saturated rings. The highest BCUT2D eigenvalue weighted by atomic mass is 16.2. The minimum atomic E-state index is 0.240. The molecule has 0 saturated carbocycles. The second-order valence-corrected chi connectivity index (χ2v) is 2.92. The highest BCUT2D eigenvalue weighted by Crippen LogP contribution is 2.19. The van der Waals surface area contributed by atoms with E-state index in [0.717, 1.165) is 13.0 Å². The Morgan fingerprint density at radius 2 is 2.40 bits per heavy atom. The number of hydrogen-bond donors (Lipinski definition) is 0. The summed E-state index contributed by atoms with van der Waals surface area (Å²) in [4.78, 5) is 12.9. The zero-order valence-corrected chi connectivity index (χ0v) is 6.76. The predicted molar refractivity (Wildman–Crippen MR) is 40.7 cm³/mol. The first-order chi connectivity index (χ1) is 4.75. The molecule has 58 valence electrons. The molecule has 0 bridgehead atoms. The minimum absolute atomic E-state index is 0.240. The summed E-state index contributed by atoms with van der Waals surface area (Å²) in [6.45, 7) is 4.79. The van der Waals surface area contributed by atoms with E-state index >= 15 is 0 Å². The smallest absolute Gasteiger partial charge is 0.219 e. The van der Waals surface area contributed by atoms with Gasteiger partial charge in [0.25, 0.3) is 0 Å². The molecule has 0 aromatic heterocycles. The fraction of sp³-hybridized carbons (Fsp3) is 0.875. The second-order valence-electron chi connectivity index (χ2n) is 2.92. The third kappa shape index (κ3) is 1.31. The summed E-state index contributed by atoms with van der Waals surface area (Å²) in [5, 5.41) is 0. The van der Waals surface area contributed by atoms with Crippen LogP contribution in [0.4, 0.5) is 0 Å². The molecule has 1 heterocycles. The number of hydrogen-bond acceptors (Lipinski definition) is 1. The first-order valence-electron chi connectivity index (χ1n) is 4.03. The molecule has 0 spiro atoms. The van der Waals surface area contributed by atoms with Gasteiger partial charge in [0, 0.05) is 19.5 Å². The predicted octanol–water partition coefficient (Wildman–Crippen LogP) is 1.41. The highest BCUT2D eigenvalue weighted by molar-refractivity contribution is 5.73. The van der Waals surface area contributed by atoms with Crippen LogP contribution in [0.3, 0.4) is 0 Å². The quantitative estimate of drug-likeness (QED) is 0.540. The van der Waals surface area contributed by atoms with Gasteiger partial charge in [-0.3, -0.25) is 4.79 Å². The summed E-state index contributed by atoms with van der Waals surface area (Å²) in [7, 11) is 0. The molecule has 1 atom stereocenters. The van der Waals surface area contributed by atoms with E-state index < -0.39 is 0 Å².